The minimum absolute atomic E-state index is 0.0388. The molecule has 0 saturated carbocycles. The predicted octanol–water partition coefficient (Wildman–Crippen LogP) is 2.92. The molecule has 0 aliphatic rings. The van der Waals surface area contributed by atoms with Gasteiger partial charge in [0.25, 0.3) is 0 Å². The number of carbonyl (C=O) groups is 2. The maximum atomic E-state index is 11.7. The van der Waals surface area contributed by atoms with Gasteiger partial charge in [-0.1, -0.05) is 6.07 Å². The molecule has 2 rings (SSSR count). The van der Waals surface area contributed by atoms with Crippen LogP contribution in [0.3, 0.4) is 0 Å². The number of rotatable bonds is 5. The third kappa shape index (κ3) is 3.99. The summed E-state index contributed by atoms with van der Waals surface area (Å²) in [5.74, 6) is 0.362. The molecule has 0 radical (unpaired) electrons. The first kappa shape index (κ1) is 13.4. The summed E-state index contributed by atoms with van der Waals surface area (Å²) in [4.78, 5) is 28.0. The minimum Gasteiger partial charge on any atom is -0.311 e. The summed E-state index contributed by atoms with van der Waals surface area (Å²) >= 11 is 1.64. The van der Waals surface area contributed by atoms with E-state index in [0.717, 1.165) is 6.42 Å². The summed E-state index contributed by atoms with van der Waals surface area (Å²) in [5.41, 5.74) is 0.539. The van der Waals surface area contributed by atoms with Crippen molar-refractivity contribution in [1.82, 2.24) is 4.98 Å². The van der Waals surface area contributed by atoms with E-state index in [1.54, 1.807) is 23.5 Å². The second-order valence-electron chi connectivity index (χ2n) is 4.12. The molecule has 0 atom stereocenters. The highest BCUT2D eigenvalue weighted by Crippen LogP contribution is 2.12. The van der Waals surface area contributed by atoms with Crippen molar-refractivity contribution in [2.24, 2.45) is 0 Å². The van der Waals surface area contributed by atoms with Crippen LogP contribution in [-0.2, 0) is 11.2 Å². The lowest BCUT2D eigenvalue weighted by Crippen LogP contribution is -2.13. The summed E-state index contributed by atoms with van der Waals surface area (Å²) in [6, 6.07) is 7.28. The molecular weight excluding hydrogens is 260 g/mol. The number of nitrogens with zero attached hydrogens (tertiary/aromatic N) is 1. The average molecular weight is 274 g/mol. The third-order valence-electron chi connectivity index (χ3n) is 2.62. The van der Waals surface area contributed by atoms with Crippen molar-refractivity contribution >= 4 is 28.8 Å². The average Bonchev–Trinajstić information content (AvgIpc) is 2.90. The van der Waals surface area contributed by atoms with Gasteiger partial charge in [0.05, 0.1) is 0 Å². The molecule has 0 aromatic carbocycles. The van der Waals surface area contributed by atoms with Gasteiger partial charge >= 0.3 is 0 Å². The molecule has 2 heterocycles. The molecule has 1 N–H and O–H groups in total. The number of ketones is 1. The molecule has 2 aromatic heterocycles. The van der Waals surface area contributed by atoms with E-state index in [1.165, 1.54) is 18.0 Å². The van der Waals surface area contributed by atoms with Gasteiger partial charge in [-0.2, -0.15) is 0 Å². The highest BCUT2D eigenvalue weighted by Gasteiger charge is 2.05. The number of thiophene rings is 1. The number of aryl methyl sites for hydroxylation is 1. The largest absolute Gasteiger partial charge is 0.311 e. The van der Waals surface area contributed by atoms with Crippen molar-refractivity contribution in [1.29, 1.82) is 0 Å². The quantitative estimate of drug-likeness (QED) is 0.853. The topological polar surface area (TPSA) is 59.1 Å². The normalized spacial score (nSPS) is 10.2. The number of pyridine rings is 1. The van der Waals surface area contributed by atoms with Crippen molar-refractivity contribution in [2.75, 3.05) is 5.32 Å². The number of hydrogen-bond donors (Lipinski definition) is 1. The van der Waals surface area contributed by atoms with Crippen LogP contribution >= 0.6 is 11.3 Å². The molecule has 19 heavy (non-hydrogen) atoms. The SMILES string of the molecule is CC(=O)c1ccc(NC(=O)CCc2cccs2)nc1. The first-order chi connectivity index (χ1) is 9.15. The summed E-state index contributed by atoms with van der Waals surface area (Å²) in [6.07, 6.45) is 2.63. The van der Waals surface area contributed by atoms with Crippen LogP contribution in [0, 0.1) is 0 Å². The van der Waals surface area contributed by atoms with Crippen LogP contribution in [0.4, 0.5) is 5.82 Å². The Kier molecular flexibility index (Phi) is 4.41. The second kappa shape index (κ2) is 6.24. The van der Waals surface area contributed by atoms with E-state index in [2.05, 4.69) is 10.3 Å². The molecule has 0 saturated heterocycles. The third-order valence-corrected chi connectivity index (χ3v) is 3.55. The Morgan fingerprint density at radius 3 is 2.74 bits per heavy atom. The molecule has 5 heteroatoms. The van der Waals surface area contributed by atoms with Gasteiger partial charge in [0, 0.05) is 23.1 Å². The number of amides is 1. The fourth-order valence-corrected chi connectivity index (χ4v) is 2.28. The van der Waals surface area contributed by atoms with Crippen LogP contribution < -0.4 is 5.32 Å². The smallest absolute Gasteiger partial charge is 0.225 e. The summed E-state index contributed by atoms with van der Waals surface area (Å²) in [7, 11) is 0. The van der Waals surface area contributed by atoms with Gasteiger partial charge < -0.3 is 5.32 Å². The van der Waals surface area contributed by atoms with Gasteiger partial charge in [-0.3, -0.25) is 9.59 Å². The molecule has 0 aliphatic heterocycles. The molecule has 2 aromatic rings. The maximum absolute atomic E-state index is 11.7. The van der Waals surface area contributed by atoms with E-state index >= 15 is 0 Å². The van der Waals surface area contributed by atoms with E-state index < -0.39 is 0 Å². The van der Waals surface area contributed by atoms with Crippen molar-refractivity contribution in [3.8, 4) is 0 Å². The zero-order valence-electron chi connectivity index (χ0n) is 10.6. The van der Waals surface area contributed by atoms with Crippen LogP contribution in [0.5, 0.6) is 0 Å². The Bertz CT molecular complexity index is 562. The first-order valence-corrected chi connectivity index (χ1v) is 6.82. The highest BCUT2D eigenvalue weighted by molar-refractivity contribution is 7.09. The number of hydrogen-bond acceptors (Lipinski definition) is 4. The molecular formula is C14H14N2O2S. The van der Waals surface area contributed by atoms with Crippen molar-refractivity contribution < 1.29 is 9.59 Å². The molecule has 4 nitrogen and oxygen atoms in total. The highest BCUT2D eigenvalue weighted by atomic mass is 32.1. The van der Waals surface area contributed by atoms with E-state index in [9.17, 15) is 9.59 Å². The van der Waals surface area contributed by atoms with Crippen LogP contribution in [0.2, 0.25) is 0 Å². The predicted molar refractivity (Wildman–Crippen MR) is 75.5 cm³/mol. The van der Waals surface area contributed by atoms with Crippen molar-refractivity contribution in [3.05, 3.63) is 46.3 Å². The van der Waals surface area contributed by atoms with Crippen molar-refractivity contribution in [2.45, 2.75) is 19.8 Å². The number of carbonyl (C=O) groups excluding carboxylic acids is 2. The van der Waals surface area contributed by atoms with E-state index in [0.29, 0.717) is 17.8 Å². The second-order valence-corrected chi connectivity index (χ2v) is 5.15. The molecule has 0 fully saturated rings. The number of Topliss-reactive ketones (excluding diaryl/α,β-unsaturated/α-hetero) is 1. The Hall–Kier alpha value is -2.01. The number of nitrogens with one attached hydrogen (secondary N) is 1. The first-order valence-electron chi connectivity index (χ1n) is 5.94. The Labute approximate surface area is 115 Å². The summed E-state index contributed by atoms with van der Waals surface area (Å²) in [5, 5.41) is 4.71. The lowest BCUT2D eigenvalue weighted by molar-refractivity contribution is -0.116. The molecule has 98 valence electrons. The van der Waals surface area contributed by atoms with Gasteiger partial charge in [-0.15, -0.1) is 11.3 Å². The molecule has 0 spiro atoms. The Balaban J connectivity index is 1.86. The van der Waals surface area contributed by atoms with E-state index in [4.69, 9.17) is 0 Å². The van der Waals surface area contributed by atoms with Gasteiger partial charge in [0.15, 0.2) is 5.78 Å². The molecule has 0 bridgehead atoms. The van der Waals surface area contributed by atoms with Crippen LogP contribution in [-0.4, -0.2) is 16.7 Å². The van der Waals surface area contributed by atoms with Crippen molar-refractivity contribution in [3.63, 3.8) is 0 Å². The number of anilines is 1. The van der Waals surface area contributed by atoms with Gasteiger partial charge in [0.1, 0.15) is 5.82 Å². The number of aromatic nitrogens is 1. The van der Waals surface area contributed by atoms with Crippen LogP contribution in [0.15, 0.2) is 35.8 Å². The van der Waals surface area contributed by atoms with Gasteiger partial charge in [-0.25, -0.2) is 4.98 Å². The van der Waals surface area contributed by atoms with Gasteiger partial charge in [-0.05, 0) is 36.9 Å². The molecule has 1 amide bonds. The van der Waals surface area contributed by atoms with E-state index in [1.807, 2.05) is 17.5 Å². The van der Waals surface area contributed by atoms with Crippen LogP contribution in [0.1, 0.15) is 28.6 Å². The summed E-state index contributed by atoms with van der Waals surface area (Å²) in [6.45, 7) is 1.48. The maximum Gasteiger partial charge on any atom is 0.225 e. The standard InChI is InChI=1S/C14H14N2O2S/c1-10(17)11-4-6-13(15-9-11)16-14(18)7-5-12-3-2-8-19-12/h2-4,6,8-9H,5,7H2,1H3,(H,15,16,18). The lowest BCUT2D eigenvalue weighted by atomic mass is 10.2. The molecule has 0 aliphatic carbocycles. The Morgan fingerprint density at radius 2 is 2.16 bits per heavy atom. The van der Waals surface area contributed by atoms with Gasteiger partial charge in [0.2, 0.25) is 5.91 Å². The van der Waals surface area contributed by atoms with E-state index in [-0.39, 0.29) is 11.7 Å². The van der Waals surface area contributed by atoms with Crippen LogP contribution in [0.25, 0.3) is 0 Å². The minimum atomic E-state index is -0.0727. The fraction of sp³-hybridized carbons (Fsp3) is 0.214. The lowest BCUT2D eigenvalue weighted by Gasteiger charge is -2.04. The monoisotopic (exact) mass is 274 g/mol. The fourth-order valence-electron chi connectivity index (χ4n) is 1.57. The Morgan fingerprint density at radius 1 is 1.32 bits per heavy atom. The zero-order chi connectivity index (χ0) is 13.7. The molecule has 0 unspecified atom stereocenters. The summed E-state index contributed by atoms with van der Waals surface area (Å²) < 4.78 is 0. The zero-order valence-corrected chi connectivity index (χ0v) is 11.4.